The van der Waals surface area contributed by atoms with E-state index in [9.17, 15) is 8.78 Å². The molecule has 3 heteroatoms. The highest BCUT2D eigenvalue weighted by atomic mass is 19.1. The standard InChI is InChI=1S/C31H21F2N/c32-23-12-14-30-27(18-23)26-17-20(11-13-29(26)34(30)31-8-4-3-7-28(31)33)19-9-10-22-15-21-5-1-2-6-24(21)25(22)16-19/h1-14,16-18,26,29H,15H2. The van der Waals surface area contributed by atoms with Crippen LogP contribution in [0.4, 0.5) is 20.2 Å². The van der Waals surface area contributed by atoms with Crippen molar-refractivity contribution in [3.63, 3.8) is 0 Å². The Labute approximate surface area is 197 Å². The molecule has 0 fully saturated rings. The van der Waals surface area contributed by atoms with Gasteiger partial charge in [0.2, 0.25) is 0 Å². The Kier molecular flexibility index (Phi) is 4.16. The summed E-state index contributed by atoms with van der Waals surface area (Å²) in [6.07, 6.45) is 7.44. The largest absolute Gasteiger partial charge is 0.331 e. The van der Waals surface area contributed by atoms with Gasteiger partial charge in [-0.1, -0.05) is 66.8 Å². The van der Waals surface area contributed by atoms with Gasteiger partial charge in [0.25, 0.3) is 0 Å². The van der Waals surface area contributed by atoms with E-state index in [1.807, 2.05) is 11.0 Å². The van der Waals surface area contributed by atoms with Crippen LogP contribution in [0.3, 0.4) is 0 Å². The molecule has 7 rings (SSSR count). The van der Waals surface area contributed by atoms with Gasteiger partial charge in [0.1, 0.15) is 11.6 Å². The van der Waals surface area contributed by atoms with Crippen LogP contribution in [0.2, 0.25) is 0 Å². The molecule has 0 saturated heterocycles. The molecule has 0 aromatic heterocycles. The highest BCUT2D eigenvalue weighted by Crippen LogP contribution is 2.50. The summed E-state index contributed by atoms with van der Waals surface area (Å²) in [6.45, 7) is 0. The first kappa shape index (κ1) is 19.5. The molecule has 0 N–H and O–H groups in total. The van der Waals surface area contributed by atoms with Crippen LogP contribution in [0.15, 0.2) is 103 Å². The lowest BCUT2D eigenvalue weighted by molar-refractivity contribution is 0.618. The molecule has 0 bridgehead atoms. The van der Waals surface area contributed by atoms with E-state index >= 15 is 0 Å². The van der Waals surface area contributed by atoms with Crippen LogP contribution in [-0.4, -0.2) is 6.04 Å². The average Bonchev–Trinajstić information content (AvgIpc) is 3.39. The van der Waals surface area contributed by atoms with Gasteiger partial charge in [0.05, 0.1) is 11.7 Å². The van der Waals surface area contributed by atoms with Crippen molar-refractivity contribution < 1.29 is 8.78 Å². The molecule has 2 atom stereocenters. The fourth-order valence-electron chi connectivity index (χ4n) is 5.80. The van der Waals surface area contributed by atoms with E-state index in [1.165, 1.54) is 34.4 Å². The van der Waals surface area contributed by atoms with Gasteiger partial charge in [-0.25, -0.2) is 8.78 Å². The van der Waals surface area contributed by atoms with E-state index < -0.39 is 0 Å². The molecule has 0 radical (unpaired) electrons. The third-order valence-corrected chi connectivity index (χ3v) is 7.35. The minimum atomic E-state index is -0.279. The molecule has 2 aliphatic carbocycles. The second-order valence-corrected chi connectivity index (χ2v) is 9.23. The molecular weight excluding hydrogens is 424 g/mol. The van der Waals surface area contributed by atoms with Crippen LogP contribution in [0.1, 0.15) is 28.2 Å². The molecule has 3 aliphatic rings. The highest BCUT2D eigenvalue weighted by molar-refractivity contribution is 5.86. The third kappa shape index (κ3) is 2.83. The summed E-state index contributed by atoms with van der Waals surface area (Å²) >= 11 is 0. The number of rotatable bonds is 2. The topological polar surface area (TPSA) is 3.24 Å². The summed E-state index contributed by atoms with van der Waals surface area (Å²) in [4.78, 5) is 2.00. The molecule has 0 saturated carbocycles. The molecule has 1 heterocycles. The zero-order valence-electron chi connectivity index (χ0n) is 18.4. The second kappa shape index (κ2) is 7.26. The predicted molar refractivity (Wildman–Crippen MR) is 133 cm³/mol. The van der Waals surface area contributed by atoms with Crippen molar-refractivity contribution in [2.24, 2.45) is 0 Å². The normalized spacial score (nSPS) is 19.4. The monoisotopic (exact) mass is 445 g/mol. The summed E-state index contributed by atoms with van der Waals surface area (Å²) in [5.41, 5.74) is 9.82. The van der Waals surface area contributed by atoms with Crippen molar-refractivity contribution in [2.45, 2.75) is 18.4 Å². The molecule has 0 spiro atoms. The maximum Gasteiger partial charge on any atom is 0.146 e. The number of hydrogen-bond acceptors (Lipinski definition) is 1. The lowest BCUT2D eigenvalue weighted by Crippen LogP contribution is -2.29. The van der Waals surface area contributed by atoms with E-state index in [0.717, 1.165) is 28.8 Å². The molecular formula is C31H21F2N. The zero-order valence-corrected chi connectivity index (χ0v) is 18.4. The van der Waals surface area contributed by atoms with E-state index in [1.54, 1.807) is 24.3 Å². The first-order chi connectivity index (χ1) is 16.7. The van der Waals surface area contributed by atoms with Gasteiger partial charge < -0.3 is 4.90 Å². The number of fused-ring (bicyclic) bond motifs is 6. The molecule has 4 aromatic carbocycles. The minimum absolute atomic E-state index is 0.0640. The maximum absolute atomic E-state index is 14.8. The van der Waals surface area contributed by atoms with Crippen molar-refractivity contribution in [2.75, 3.05) is 4.90 Å². The summed E-state index contributed by atoms with van der Waals surface area (Å²) in [5, 5.41) is 0. The Morgan fingerprint density at radius 3 is 2.47 bits per heavy atom. The SMILES string of the molecule is Fc1ccc2c(c1)C1C=C(c3ccc4c(c3)-c3ccccc3C4)C=CC1N2c1ccccc1F. The van der Waals surface area contributed by atoms with Gasteiger partial charge in [0.15, 0.2) is 0 Å². The van der Waals surface area contributed by atoms with Gasteiger partial charge >= 0.3 is 0 Å². The van der Waals surface area contributed by atoms with Crippen LogP contribution >= 0.6 is 0 Å². The van der Waals surface area contributed by atoms with Crippen molar-refractivity contribution in [1.82, 2.24) is 0 Å². The third-order valence-electron chi connectivity index (χ3n) is 7.35. The summed E-state index contributed by atoms with van der Waals surface area (Å²) in [7, 11) is 0. The number of anilines is 2. The minimum Gasteiger partial charge on any atom is -0.331 e. The van der Waals surface area contributed by atoms with E-state index in [2.05, 4.69) is 60.7 Å². The van der Waals surface area contributed by atoms with Gasteiger partial charge in [-0.15, -0.1) is 0 Å². The van der Waals surface area contributed by atoms with Gasteiger partial charge in [-0.3, -0.25) is 0 Å². The zero-order chi connectivity index (χ0) is 22.8. The van der Waals surface area contributed by atoms with E-state index in [4.69, 9.17) is 0 Å². The first-order valence-corrected chi connectivity index (χ1v) is 11.6. The molecule has 164 valence electrons. The smallest absolute Gasteiger partial charge is 0.146 e. The fraction of sp³-hybridized carbons (Fsp3) is 0.0968. The average molecular weight is 446 g/mol. The summed E-state index contributed by atoms with van der Waals surface area (Å²) in [5.74, 6) is -0.615. The number of allylic oxidation sites excluding steroid dienone is 2. The van der Waals surface area contributed by atoms with Crippen LogP contribution < -0.4 is 4.90 Å². The number of halogens is 2. The Hall–Kier alpha value is -3.98. The Morgan fingerprint density at radius 1 is 0.735 bits per heavy atom. The molecule has 1 aliphatic heterocycles. The molecule has 34 heavy (non-hydrogen) atoms. The molecule has 2 unspecified atom stereocenters. The molecule has 1 nitrogen and oxygen atoms in total. The number of hydrogen-bond donors (Lipinski definition) is 0. The lowest BCUT2D eigenvalue weighted by atomic mass is 9.85. The van der Waals surface area contributed by atoms with Crippen molar-refractivity contribution >= 4 is 16.9 Å². The van der Waals surface area contributed by atoms with E-state index in [0.29, 0.717) is 5.69 Å². The van der Waals surface area contributed by atoms with Crippen molar-refractivity contribution in [3.05, 3.63) is 137 Å². The Bertz CT molecular complexity index is 1530. The predicted octanol–water partition coefficient (Wildman–Crippen LogP) is 7.79. The first-order valence-electron chi connectivity index (χ1n) is 11.6. The van der Waals surface area contributed by atoms with Crippen molar-refractivity contribution in [3.8, 4) is 11.1 Å². The lowest BCUT2D eigenvalue weighted by Gasteiger charge is -2.30. The number of nitrogens with zero attached hydrogens (tertiary/aromatic N) is 1. The van der Waals surface area contributed by atoms with Crippen molar-refractivity contribution in [1.29, 1.82) is 0 Å². The maximum atomic E-state index is 14.8. The van der Waals surface area contributed by atoms with Gasteiger partial charge in [-0.2, -0.15) is 0 Å². The van der Waals surface area contributed by atoms with Gasteiger partial charge in [0, 0.05) is 11.6 Å². The van der Waals surface area contributed by atoms with Crippen LogP contribution in [0, 0.1) is 11.6 Å². The molecule has 0 amide bonds. The van der Waals surface area contributed by atoms with Gasteiger partial charge in [-0.05, 0) is 81.8 Å². The Balaban J connectivity index is 1.33. The van der Waals surface area contributed by atoms with Crippen LogP contribution in [-0.2, 0) is 6.42 Å². The summed E-state index contributed by atoms with van der Waals surface area (Å²) in [6, 6.07) is 26.7. The molecule has 4 aromatic rings. The van der Waals surface area contributed by atoms with Crippen LogP contribution in [0.5, 0.6) is 0 Å². The Morgan fingerprint density at radius 2 is 1.56 bits per heavy atom. The number of benzene rings is 4. The highest BCUT2D eigenvalue weighted by Gasteiger charge is 2.39. The quantitative estimate of drug-likeness (QED) is 0.268. The summed E-state index contributed by atoms with van der Waals surface area (Å²) < 4.78 is 29.1. The van der Waals surface area contributed by atoms with E-state index in [-0.39, 0.29) is 23.6 Å². The number of para-hydroxylation sites is 1. The van der Waals surface area contributed by atoms with Crippen LogP contribution in [0.25, 0.3) is 16.7 Å². The second-order valence-electron chi connectivity index (χ2n) is 9.23. The fourth-order valence-corrected chi connectivity index (χ4v) is 5.80.